The van der Waals surface area contributed by atoms with Gasteiger partial charge in [-0.25, -0.2) is 0 Å². The number of hydrogen-bond acceptors (Lipinski definition) is 3. The number of ether oxygens (including phenoxy) is 2. The van der Waals surface area contributed by atoms with Gasteiger partial charge < -0.3 is 14.4 Å². The molecule has 0 aromatic heterocycles. The first-order valence-corrected chi connectivity index (χ1v) is 7.78. The summed E-state index contributed by atoms with van der Waals surface area (Å²) in [5.74, 6) is 0.146. The number of amides is 1. The number of hydrogen-bond donors (Lipinski definition) is 0. The van der Waals surface area contributed by atoms with Gasteiger partial charge in [0.15, 0.2) is 0 Å². The Morgan fingerprint density at radius 2 is 2.14 bits per heavy atom. The van der Waals surface area contributed by atoms with Gasteiger partial charge in [0.2, 0.25) is 0 Å². The second-order valence-electron chi connectivity index (χ2n) is 5.85. The van der Waals surface area contributed by atoms with Crippen LogP contribution in [0.2, 0.25) is 0 Å². The molecule has 2 aliphatic rings. The summed E-state index contributed by atoms with van der Waals surface area (Å²) < 4.78 is 11.2. The van der Waals surface area contributed by atoms with Crippen LogP contribution >= 0.6 is 0 Å². The van der Waals surface area contributed by atoms with Gasteiger partial charge in [-0.15, -0.1) is 0 Å². The van der Waals surface area contributed by atoms with Gasteiger partial charge in [0.25, 0.3) is 5.91 Å². The molecular formula is C17H23NO3. The summed E-state index contributed by atoms with van der Waals surface area (Å²) in [5, 5.41) is 0. The highest BCUT2D eigenvalue weighted by molar-refractivity contribution is 5.82. The summed E-state index contributed by atoms with van der Waals surface area (Å²) in [6, 6.07) is 10.4. The van der Waals surface area contributed by atoms with Gasteiger partial charge in [-0.05, 0) is 31.2 Å². The lowest BCUT2D eigenvalue weighted by Crippen LogP contribution is -2.46. The van der Waals surface area contributed by atoms with Crippen molar-refractivity contribution in [2.45, 2.75) is 43.9 Å². The fourth-order valence-corrected chi connectivity index (χ4v) is 3.43. The summed E-state index contributed by atoms with van der Waals surface area (Å²) in [7, 11) is 1.74. The SMILES string of the molecule is CO[C@@H]1CCN(C(=O)[C@H]2CCCO2)[C@H]1Cc1ccccc1. The molecule has 0 saturated carbocycles. The molecule has 2 heterocycles. The normalized spacial score (nSPS) is 29.0. The van der Waals surface area contributed by atoms with Gasteiger partial charge in [0.1, 0.15) is 6.10 Å². The maximum atomic E-state index is 12.7. The quantitative estimate of drug-likeness (QED) is 0.851. The summed E-state index contributed by atoms with van der Waals surface area (Å²) in [6.07, 6.45) is 3.48. The third kappa shape index (κ3) is 3.11. The number of likely N-dealkylation sites (tertiary alicyclic amines) is 1. The molecule has 2 saturated heterocycles. The zero-order chi connectivity index (χ0) is 14.7. The van der Waals surface area contributed by atoms with Crippen molar-refractivity contribution in [1.29, 1.82) is 0 Å². The summed E-state index contributed by atoms with van der Waals surface area (Å²) in [6.45, 7) is 1.48. The minimum absolute atomic E-state index is 0.120. The monoisotopic (exact) mass is 289 g/mol. The van der Waals surface area contributed by atoms with Crippen LogP contribution in [-0.2, 0) is 20.7 Å². The Hall–Kier alpha value is -1.39. The molecule has 1 aromatic rings. The van der Waals surface area contributed by atoms with Crippen molar-refractivity contribution >= 4 is 5.91 Å². The predicted molar refractivity (Wildman–Crippen MR) is 80.0 cm³/mol. The number of benzene rings is 1. The molecule has 21 heavy (non-hydrogen) atoms. The number of methoxy groups -OCH3 is 1. The zero-order valence-electron chi connectivity index (χ0n) is 12.5. The Morgan fingerprint density at radius 1 is 1.33 bits per heavy atom. The van der Waals surface area contributed by atoms with Gasteiger partial charge in [0.05, 0.1) is 12.1 Å². The van der Waals surface area contributed by atoms with E-state index >= 15 is 0 Å². The van der Waals surface area contributed by atoms with Gasteiger partial charge in [-0.1, -0.05) is 30.3 Å². The standard InChI is InChI=1S/C17H23NO3/c1-20-15-9-10-18(17(19)16-8-5-11-21-16)14(15)12-13-6-3-2-4-7-13/h2-4,6-7,14-16H,5,8-12H2,1H3/t14-,15+,16+/m0/s1. The molecule has 0 N–H and O–H groups in total. The average molecular weight is 289 g/mol. The van der Waals surface area contributed by atoms with Crippen LogP contribution in [0.1, 0.15) is 24.8 Å². The van der Waals surface area contributed by atoms with Crippen molar-refractivity contribution in [2.75, 3.05) is 20.3 Å². The summed E-state index contributed by atoms with van der Waals surface area (Å²) in [4.78, 5) is 14.6. The minimum atomic E-state index is -0.237. The van der Waals surface area contributed by atoms with E-state index in [9.17, 15) is 4.79 Å². The largest absolute Gasteiger partial charge is 0.379 e. The molecular weight excluding hydrogens is 266 g/mol. The van der Waals surface area contributed by atoms with E-state index in [4.69, 9.17) is 9.47 Å². The first-order chi connectivity index (χ1) is 10.3. The molecule has 1 aromatic carbocycles. The number of nitrogens with zero attached hydrogens (tertiary/aromatic N) is 1. The highest BCUT2D eigenvalue weighted by Crippen LogP contribution is 2.27. The van der Waals surface area contributed by atoms with E-state index in [0.717, 1.165) is 32.2 Å². The second-order valence-corrected chi connectivity index (χ2v) is 5.85. The first-order valence-electron chi connectivity index (χ1n) is 7.78. The maximum absolute atomic E-state index is 12.7. The molecule has 0 aliphatic carbocycles. The van der Waals surface area contributed by atoms with Crippen molar-refractivity contribution < 1.29 is 14.3 Å². The zero-order valence-corrected chi connectivity index (χ0v) is 12.5. The van der Waals surface area contributed by atoms with E-state index in [0.29, 0.717) is 6.61 Å². The molecule has 0 spiro atoms. The van der Waals surface area contributed by atoms with Crippen LogP contribution in [0, 0.1) is 0 Å². The number of carbonyl (C=O) groups is 1. The van der Waals surface area contributed by atoms with Crippen LogP contribution < -0.4 is 0 Å². The lowest BCUT2D eigenvalue weighted by Gasteiger charge is -2.29. The Bertz CT molecular complexity index is 470. The molecule has 3 atom stereocenters. The topological polar surface area (TPSA) is 38.8 Å². The molecule has 0 unspecified atom stereocenters. The average Bonchev–Trinajstić information content (AvgIpc) is 3.17. The molecule has 3 rings (SSSR count). The maximum Gasteiger partial charge on any atom is 0.252 e. The minimum Gasteiger partial charge on any atom is -0.379 e. The van der Waals surface area contributed by atoms with E-state index in [1.54, 1.807) is 7.11 Å². The van der Waals surface area contributed by atoms with Crippen molar-refractivity contribution in [3.8, 4) is 0 Å². The number of carbonyl (C=O) groups excluding carboxylic acids is 1. The third-order valence-corrected chi connectivity index (χ3v) is 4.56. The van der Waals surface area contributed by atoms with Crippen LogP contribution in [0.3, 0.4) is 0 Å². The smallest absolute Gasteiger partial charge is 0.252 e. The predicted octanol–water partition coefficient (Wildman–Crippen LogP) is 2.02. The van der Waals surface area contributed by atoms with Crippen LogP contribution in [0.5, 0.6) is 0 Å². The Labute approximate surface area is 126 Å². The Morgan fingerprint density at radius 3 is 2.81 bits per heavy atom. The fraction of sp³-hybridized carbons (Fsp3) is 0.588. The van der Waals surface area contributed by atoms with Crippen molar-refractivity contribution in [3.05, 3.63) is 35.9 Å². The highest BCUT2D eigenvalue weighted by atomic mass is 16.5. The molecule has 2 aliphatic heterocycles. The van der Waals surface area contributed by atoms with Gasteiger partial charge in [-0.2, -0.15) is 0 Å². The van der Waals surface area contributed by atoms with Crippen LogP contribution in [0.15, 0.2) is 30.3 Å². The molecule has 4 nitrogen and oxygen atoms in total. The lowest BCUT2D eigenvalue weighted by atomic mass is 10.0. The molecule has 114 valence electrons. The lowest BCUT2D eigenvalue weighted by molar-refractivity contribution is -0.142. The second kappa shape index (κ2) is 6.58. The van der Waals surface area contributed by atoms with Crippen molar-refractivity contribution in [1.82, 2.24) is 4.90 Å². The highest BCUT2D eigenvalue weighted by Gasteiger charge is 2.40. The van der Waals surface area contributed by atoms with Crippen molar-refractivity contribution in [3.63, 3.8) is 0 Å². The van der Waals surface area contributed by atoms with Gasteiger partial charge >= 0.3 is 0 Å². The molecule has 4 heteroatoms. The van der Waals surface area contributed by atoms with Gasteiger partial charge in [-0.3, -0.25) is 4.79 Å². The first kappa shape index (κ1) is 14.5. The molecule has 1 amide bonds. The Kier molecular flexibility index (Phi) is 4.56. The van der Waals surface area contributed by atoms with Crippen LogP contribution in [0.4, 0.5) is 0 Å². The fourth-order valence-electron chi connectivity index (χ4n) is 3.43. The summed E-state index contributed by atoms with van der Waals surface area (Å²) >= 11 is 0. The third-order valence-electron chi connectivity index (χ3n) is 4.56. The molecule has 0 radical (unpaired) electrons. The van der Waals surface area contributed by atoms with Crippen LogP contribution in [-0.4, -0.2) is 49.3 Å². The summed E-state index contributed by atoms with van der Waals surface area (Å²) in [5.41, 5.74) is 1.25. The molecule has 2 fully saturated rings. The van der Waals surface area contributed by atoms with E-state index in [-0.39, 0.29) is 24.2 Å². The van der Waals surface area contributed by atoms with E-state index in [2.05, 4.69) is 12.1 Å². The van der Waals surface area contributed by atoms with Crippen molar-refractivity contribution in [2.24, 2.45) is 0 Å². The number of rotatable bonds is 4. The molecule has 0 bridgehead atoms. The van der Waals surface area contributed by atoms with E-state index in [1.807, 2.05) is 23.1 Å². The Balaban J connectivity index is 1.74. The van der Waals surface area contributed by atoms with Crippen LogP contribution in [0.25, 0.3) is 0 Å². The van der Waals surface area contributed by atoms with E-state index in [1.165, 1.54) is 5.56 Å². The van der Waals surface area contributed by atoms with Gasteiger partial charge in [0, 0.05) is 20.3 Å². The van der Waals surface area contributed by atoms with E-state index < -0.39 is 0 Å².